The van der Waals surface area contributed by atoms with Crippen molar-refractivity contribution in [1.82, 2.24) is 0 Å². The normalized spacial score (nSPS) is 10.3. The fourth-order valence-electron chi connectivity index (χ4n) is 2.27. The summed E-state index contributed by atoms with van der Waals surface area (Å²) in [5, 5.41) is 2.79. The van der Waals surface area contributed by atoms with Gasteiger partial charge in [-0.3, -0.25) is 4.79 Å². The van der Waals surface area contributed by atoms with Gasteiger partial charge >= 0.3 is 0 Å². The number of anilines is 1. The minimum atomic E-state index is -0.252. The van der Waals surface area contributed by atoms with E-state index < -0.39 is 0 Å². The van der Waals surface area contributed by atoms with Crippen molar-refractivity contribution in [2.24, 2.45) is 0 Å². The molecule has 0 radical (unpaired) electrons. The van der Waals surface area contributed by atoms with Crippen LogP contribution in [-0.4, -0.2) is 39.9 Å². The van der Waals surface area contributed by atoms with Crippen molar-refractivity contribution in [3.63, 3.8) is 0 Å². The zero-order valence-corrected chi connectivity index (χ0v) is 15.4. The van der Waals surface area contributed by atoms with E-state index in [2.05, 4.69) is 12.2 Å². The van der Waals surface area contributed by atoms with Gasteiger partial charge in [-0.05, 0) is 36.2 Å². The number of hydrogen-bond acceptors (Lipinski definition) is 5. The number of hydrogen-bond donors (Lipinski definition) is 1. The van der Waals surface area contributed by atoms with Crippen molar-refractivity contribution in [2.45, 2.75) is 13.3 Å². The Bertz CT molecular complexity index is 700. The molecule has 0 unspecified atom stereocenters. The van der Waals surface area contributed by atoms with Crippen LogP contribution < -0.4 is 19.5 Å². The molecule has 2 rings (SSSR count). The van der Waals surface area contributed by atoms with Gasteiger partial charge in [-0.2, -0.15) is 0 Å². The van der Waals surface area contributed by atoms with E-state index in [9.17, 15) is 4.79 Å². The zero-order chi connectivity index (χ0) is 18.8. The summed E-state index contributed by atoms with van der Waals surface area (Å²) >= 11 is 0. The van der Waals surface area contributed by atoms with E-state index in [1.807, 2.05) is 24.3 Å². The zero-order valence-electron chi connectivity index (χ0n) is 15.4. The Kier molecular flexibility index (Phi) is 7.76. The topological polar surface area (TPSA) is 66.0 Å². The fourth-order valence-corrected chi connectivity index (χ4v) is 2.27. The van der Waals surface area contributed by atoms with Crippen molar-refractivity contribution >= 4 is 11.6 Å². The lowest BCUT2D eigenvalue weighted by Gasteiger charge is -2.13. The molecule has 0 heterocycles. The highest BCUT2D eigenvalue weighted by Gasteiger charge is 2.09. The first-order valence-corrected chi connectivity index (χ1v) is 8.47. The lowest BCUT2D eigenvalue weighted by molar-refractivity contribution is -0.118. The predicted molar refractivity (Wildman–Crippen MR) is 100 cm³/mol. The maximum atomic E-state index is 12.1. The van der Waals surface area contributed by atoms with Crippen LogP contribution in [0.15, 0.2) is 42.5 Å². The Balaban J connectivity index is 1.91. The molecule has 0 aliphatic carbocycles. The first kappa shape index (κ1) is 19.6. The highest BCUT2D eigenvalue weighted by Crippen LogP contribution is 2.30. The van der Waals surface area contributed by atoms with E-state index in [-0.39, 0.29) is 12.5 Å². The quantitative estimate of drug-likeness (QED) is 0.660. The lowest BCUT2D eigenvalue weighted by Crippen LogP contribution is -2.20. The molecule has 0 aromatic heterocycles. The molecule has 0 spiro atoms. The molecule has 6 nitrogen and oxygen atoms in total. The monoisotopic (exact) mass is 359 g/mol. The summed E-state index contributed by atoms with van der Waals surface area (Å²) in [5.74, 6) is 1.54. The molecular weight excluding hydrogens is 334 g/mol. The number of nitrogens with one attached hydrogen (secondary N) is 1. The molecule has 1 N–H and O–H groups in total. The first-order chi connectivity index (χ1) is 12.7. The SMILES string of the molecule is CCc1ccc(OCC(=O)Nc2ccc(OC)c(OCCOC)c2)cc1. The average Bonchev–Trinajstić information content (AvgIpc) is 2.67. The lowest BCUT2D eigenvalue weighted by atomic mass is 10.2. The summed E-state index contributed by atoms with van der Waals surface area (Å²) in [5.41, 5.74) is 1.83. The van der Waals surface area contributed by atoms with Crippen LogP contribution in [-0.2, 0) is 16.0 Å². The molecule has 0 saturated carbocycles. The van der Waals surface area contributed by atoms with Crippen molar-refractivity contribution in [3.8, 4) is 17.2 Å². The van der Waals surface area contributed by atoms with Crippen molar-refractivity contribution < 1.29 is 23.7 Å². The molecule has 0 bridgehead atoms. The molecule has 26 heavy (non-hydrogen) atoms. The number of aryl methyl sites for hydroxylation is 1. The van der Waals surface area contributed by atoms with E-state index in [1.54, 1.807) is 32.4 Å². The highest BCUT2D eigenvalue weighted by molar-refractivity contribution is 5.92. The number of ether oxygens (including phenoxy) is 4. The molecule has 1 amide bonds. The van der Waals surface area contributed by atoms with Gasteiger partial charge in [0.2, 0.25) is 0 Å². The second kappa shape index (κ2) is 10.3. The van der Waals surface area contributed by atoms with Gasteiger partial charge in [0.15, 0.2) is 18.1 Å². The Morgan fingerprint density at radius 2 is 1.73 bits per heavy atom. The van der Waals surface area contributed by atoms with E-state index in [0.29, 0.717) is 36.1 Å². The third-order valence-electron chi connectivity index (χ3n) is 3.69. The summed E-state index contributed by atoms with van der Waals surface area (Å²) < 4.78 is 21.3. The number of methoxy groups -OCH3 is 2. The van der Waals surface area contributed by atoms with Gasteiger partial charge in [0.1, 0.15) is 12.4 Å². The fraction of sp³-hybridized carbons (Fsp3) is 0.350. The number of rotatable bonds is 10. The van der Waals surface area contributed by atoms with Crippen molar-refractivity contribution in [3.05, 3.63) is 48.0 Å². The van der Waals surface area contributed by atoms with Crippen LogP contribution in [0.1, 0.15) is 12.5 Å². The summed E-state index contributed by atoms with van der Waals surface area (Å²) in [6.07, 6.45) is 0.965. The molecule has 2 aromatic carbocycles. The van der Waals surface area contributed by atoms with Crippen LogP contribution in [0.4, 0.5) is 5.69 Å². The van der Waals surface area contributed by atoms with E-state index in [4.69, 9.17) is 18.9 Å². The van der Waals surface area contributed by atoms with E-state index in [0.717, 1.165) is 6.42 Å². The molecule has 0 atom stereocenters. The molecule has 0 saturated heterocycles. The molecule has 140 valence electrons. The van der Waals surface area contributed by atoms with Crippen molar-refractivity contribution in [2.75, 3.05) is 39.4 Å². The third-order valence-corrected chi connectivity index (χ3v) is 3.69. The summed E-state index contributed by atoms with van der Waals surface area (Å²) in [6.45, 7) is 2.87. The third kappa shape index (κ3) is 5.97. The van der Waals surface area contributed by atoms with Crippen LogP contribution in [0, 0.1) is 0 Å². The van der Waals surface area contributed by atoms with Crippen LogP contribution in [0.3, 0.4) is 0 Å². The second-order valence-electron chi connectivity index (χ2n) is 5.54. The Hall–Kier alpha value is -2.73. The van der Waals surface area contributed by atoms with Gasteiger partial charge in [0.05, 0.1) is 13.7 Å². The summed E-state index contributed by atoms with van der Waals surface area (Å²) in [7, 11) is 3.17. The molecule has 0 aliphatic rings. The van der Waals surface area contributed by atoms with Crippen molar-refractivity contribution in [1.29, 1.82) is 0 Å². The molecule has 0 fully saturated rings. The molecular formula is C20H25NO5. The summed E-state index contributed by atoms with van der Waals surface area (Å²) in [4.78, 5) is 12.1. The van der Waals surface area contributed by atoms with Gasteiger partial charge in [0, 0.05) is 18.9 Å². The van der Waals surface area contributed by atoms with Gasteiger partial charge in [0.25, 0.3) is 5.91 Å². The second-order valence-corrected chi connectivity index (χ2v) is 5.54. The van der Waals surface area contributed by atoms with E-state index >= 15 is 0 Å². The molecule has 0 aliphatic heterocycles. The molecule has 2 aromatic rings. The smallest absolute Gasteiger partial charge is 0.262 e. The minimum Gasteiger partial charge on any atom is -0.493 e. The predicted octanol–water partition coefficient (Wildman–Crippen LogP) is 3.30. The van der Waals surface area contributed by atoms with Gasteiger partial charge in [-0.25, -0.2) is 0 Å². The van der Waals surface area contributed by atoms with Gasteiger partial charge in [-0.15, -0.1) is 0 Å². The van der Waals surface area contributed by atoms with E-state index in [1.165, 1.54) is 5.56 Å². The highest BCUT2D eigenvalue weighted by atomic mass is 16.5. The standard InChI is InChI=1S/C20H25NO5/c1-4-15-5-8-17(9-6-15)26-14-20(22)21-16-7-10-18(24-3)19(13-16)25-12-11-23-2/h5-10,13H,4,11-12,14H2,1-3H3,(H,21,22). The average molecular weight is 359 g/mol. The maximum Gasteiger partial charge on any atom is 0.262 e. The minimum absolute atomic E-state index is 0.0721. The van der Waals surface area contributed by atoms with Crippen LogP contribution in [0.5, 0.6) is 17.2 Å². The Labute approximate surface area is 154 Å². The van der Waals surface area contributed by atoms with Gasteiger partial charge < -0.3 is 24.3 Å². The van der Waals surface area contributed by atoms with Crippen LogP contribution in [0.25, 0.3) is 0 Å². The number of benzene rings is 2. The van der Waals surface area contributed by atoms with Crippen LogP contribution in [0.2, 0.25) is 0 Å². The van der Waals surface area contributed by atoms with Crippen LogP contribution >= 0.6 is 0 Å². The number of carbonyl (C=O) groups excluding carboxylic acids is 1. The molecule has 6 heteroatoms. The first-order valence-electron chi connectivity index (χ1n) is 8.47. The Morgan fingerprint density at radius 3 is 2.38 bits per heavy atom. The largest absolute Gasteiger partial charge is 0.493 e. The number of carbonyl (C=O) groups is 1. The van der Waals surface area contributed by atoms with Gasteiger partial charge in [-0.1, -0.05) is 19.1 Å². The maximum absolute atomic E-state index is 12.1. The summed E-state index contributed by atoms with van der Waals surface area (Å²) in [6, 6.07) is 12.9. The Morgan fingerprint density at radius 1 is 0.962 bits per heavy atom. The number of amides is 1.